The quantitative estimate of drug-likeness (QED) is 0.351. The number of benzene rings is 2. The van der Waals surface area contributed by atoms with Gasteiger partial charge in [0.2, 0.25) is 0 Å². The molecule has 0 aliphatic heterocycles. The molecule has 3 aromatic heterocycles. The summed E-state index contributed by atoms with van der Waals surface area (Å²) >= 11 is 5.78. The van der Waals surface area contributed by atoms with E-state index in [0.29, 0.717) is 22.2 Å². The van der Waals surface area contributed by atoms with Crippen LogP contribution in [0.4, 0.5) is 8.78 Å². The molecule has 0 saturated heterocycles. The van der Waals surface area contributed by atoms with Crippen molar-refractivity contribution >= 4 is 40.2 Å². The highest BCUT2D eigenvalue weighted by Crippen LogP contribution is 2.17. The van der Waals surface area contributed by atoms with Crippen molar-refractivity contribution in [2.24, 2.45) is 7.05 Å². The monoisotopic (exact) mass is 526 g/mol. The lowest BCUT2D eigenvalue weighted by atomic mass is 10.2. The molecular formula is C24H17ClF2N6O4. The molecule has 2 amide bonds. The van der Waals surface area contributed by atoms with E-state index in [1.165, 1.54) is 28.8 Å². The van der Waals surface area contributed by atoms with Gasteiger partial charge in [0.05, 0.1) is 16.7 Å². The first-order valence-electron chi connectivity index (χ1n) is 10.8. The first-order valence-corrected chi connectivity index (χ1v) is 11.2. The molecule has 0 aliphatic carbocycles. The molecule has 188 valence electrons. The van der Waals surface area contributed by atoms with E-state index >= 15 is 0 Å². The number of oxazole rings is 1. The van der Waals surface area contributed by atoms with Gasteiger partial charge in [-0.25, -0.2) is 23.1 Å². The van der Waals surface area contributed by atoms with Crippen LogP contribution in [0.15, 0.2) is 57.9 Å². The van der Waals surface area contributed by atoms with Gasteiger partial charge in [-0.05, 0) is 35.4 Å². The van der Waals surface area contributed by atoms with Crippen molar-refractivity contribution in [1.82, 2.24) is 29.8 Å². The Balaban J connectivity index is 1.37. The number of nitrogens with one attached hydrogen (secondary N) is 2. The van der Waals surface area contributed by atoms with Crippen LogP contribution in [0, 0.1) is 11.6 Å². The lowest BCUT2D eigenvalue weighted by Crippen LogP contribution is -2.28. The number of aryl methyl sites for hydroxylation is 1. The molecule has 2 aromatic carbocycles. The number of aromatic nitrogens is 4. The van der Waals surface area contributed by atoms with Crippen molar-refractivity contribution in [3.63, 3.8) is 0 Å². The van der Waals surface area contributed by atoms with Crippen LogP contribution in [-0.4, -0.2) is 31.0 Å². The van der Waals surface area contributed by atoms with Gasteiger partial charge in [-0.3, -0.25) is 14.2 Å². The predicted molar refractivity (Wildman–Crippen MR) is 128 cm³/mol. The number of amides is 2. The van der Waals surface area contributed by atoms with Crippen LogP contribution in [0.2, 0.25) is 5.02 Å². The summed E-state index contributed by atoms with van der Waals surface area (Å²) in [5, 5.41) is 9.01. The lowest BCUT2D eigenvalue weighted by molar-refractivity contribution is 0.0942. The summed E-state index contributed by atoms with van der Waals surface area (Å²) in [5.74, 6) is -3.26. The molecule has 5 rings (SSSR count). The third kappa shape index (κ3) is 4.66. The fourth-order valence-electron chi connectivity index (χ4n) is 3.69. The van der Waals surface area contributed by atoms with Crippen LogP contribution in [0.25, 0.3) is 16.7 Å². The number of halogens is 3. The largest absolute Gasteiger partial charge is 0.419 e. The normalized spacial score (nSPS) is 11.2. The Kier molecular flexibility index (Phi) is 6.17. The van der Waals surface area contributed by atoms with Crippen LogP contribution in [0.1, 0.15) is 32.1 Å². The van der Waals surface area contributed by atoms with Crippen LogP contribution in [0.5, 0.6) is 0 Å². The van der Waals surface area contributed by atoms with Crippen molar-refractivity contribution < 1.29 is 22.8 Å². The summed E-state index contributed by atoms with van der Waals surface area (Å²) in [6, 6.07) is 10.2. The summed E-state index contributed by atoms with van der Waals surface area (Å²) in [7, 11) is 1.56. The number of fused-ring (bicyclic) bond motifs is 2. The molecule has 0 unspecified atom stereocenters. The summed E-state index contributed by atoms with van der Waals surface area (Å²) in [5.41, 5.74) is 1.51. The summed E-state index contributed by atoms with van der Waals surface area (Å²) in [6.07, 6.45) is 0.880. The second kappa shape index (κ2) is 9.47. The molecule has 2 N–H and O–H groups in total. The molecule has 0 aliphatic rings. The van der Waals surface area contributed by atoms with Crippen LogP contribution < -0.4 is 16.4 Å². The van der Waals surface area contributed by atoms with E-state index in [1.54, 1.807) is 25.2 Å². The Morgan fingerprint density at radius 3 is 2.46 bits per heavy atom. The van der Waals surface area contributed by atoms with Crippen molar-refractivity contribution in [2.75, 3.05) is 0 Å². The number of hydrogen-bond acceptors (Lipinski definition) is 6. The molecular weight excluding hydrogens is 510 g/mol. The Morgan fingerprint density at radius 2 is 1.70 bits per heavy atom. The fourth-order valence-corrected chi connectivity index (χ4v) is 3.89. The summed E-state index contributed by atoms with van der Waals surface area (Å²) in [6.45, 7) is 0.0581. The molecule has 0 atom stereocenters. The molecule has 0 radical (unpaired) electrons. The minimum absolute atomic E-state index is 0.00702. The Hall–Kier alpha value is -4.58. The SMILES string of the molecule is Cn1c(=O)oc2ccc(CNC(=O)c3cc(C(=O)NCc4ccc(F)c(Cl)c4)n4ncc(F)c4n3)cc21. The molecule has 0 spiro atoms. The zero-order valence-corrected chi connectivity index (χ0v) is 19.8. The van der Waals surface area contributed by atoms with Gasteiger partial charge in [0.1, 0.15) is 17.2 Å². The number of hydrogen-bond donors (Lipinski definition) is 2. The summed E-state index contributed by atoms with van der Waals surface area (Å²) in [4.78, 5) is 41.5. The zero-order chi connectivity index (χ0) is 26.3. The van der Waals surface area contributed by atoms with Gasteiger partial charge >= 0.3 is 5.76 Å². The maximum atomic E-state index is 14.3. The molecule has 0 saturated carbocycles. The second-order valence-electron chi connectivity index (χ2n) is 8.10. The highest BCUT2D eigenvalue weighted by Gasteiger charge is 2.20. The van der Waals surface area contributed by atoms with Gasteiger partial charge in [0.15, 0.2) is 17.0 Å². The average Bonchev–Trinajstić information content (AvgIpc) is 3.40. The van der Waals surface area contributed by atoms with E-state index < -0.39 is 29.2 Å². The fraction of sp³-hybridized carbons (Fsp3) is 0.125. The smallest absolute Gasteiger partial charge is 0.408 e. The molecule has 0 bridgehead atoms. The molecule has 13 heteroatoms. The minimum atomic E-state index is -0.819. The van der Waals surface area contributed by atoms with E-state index in [4.69, 9.17) is 16.0 Å². The minimum Gasteiger partial charge on any atom is -0.408 e. The Morgan fingerprint density at radius 1 is 1.00 bits per heavy atom. The topological polar surface area (TPSA) is 124 Å². The standard InChI is InChI=1S/C24H17ClF2N6O4/c1-32-18-7-13(3-5-20(18)37-24(32)36)10-28-22(34)17-8-19(33-21(31-17)16(27)11-30-33)23(35)29-9-12-2-4-15(26)14(25)6-12/h2-8,11H,9-10H2,1H3,(H,28,34)(H,29,35). The number of carbonyl (C=O) groups is 2. The molecule has 3 heterocycles. The van der Waals surface area contributed by atoms with Crippen LogP contribution >= 0.6 is 11.6 Å². The maximum Gasteiger partial charge on any atom is 0.419 e. The lowest BCUT2D eigenvalue weighted by Gasteiger charge is -2.10. The van der Waals surface area contributed by atoms with Crippen LogP contribution in [0.3, 0.4) is 0 Å². The first kappa shape index (κ1) is 24.1. The molecule has 5 aromatic rings. The van der Waals surface area contributed by atoms with E-state index in [1.807, 2.05) is 0 Å². The van der Waals surface area contributed by atoms with E-state index in [2.05, 4.69) is 20.7 Å². The Labute approximate surface area is 211 Å². The van der Waals surface area contributed by atoms with Gasteiger partial charge in [-0.2, -0.15) is 5.10 Å². The summed E-state index contributed by atoms with van der Waals surface area (Å²) < 4.78 is 35.1. The Bertz CT molecular complexity index is 1760. The van der Waals surface area contributed by atoms with E-state index in [9.17, 15) is 23.2 Å². The average molecular weight is 527 g/mol. The first-order chi connectivity index (χ1) is 17.7. The number of carbonyl (C=O) groups excluding carboxylic acids is 2. The van der Waals surface area contributed by atoms with Crippen molar-refractivity contribution in [1.29, 1.82) is 0 Å². The van der Waals surface area contributed by atoms with Gasteiger partial charge in [-0.15, -0.1) is 0 Å². The molecule has 0 fully saturated rings. The van der Waals surface area contributed by atoms with Gasteiger partial charge in [-0.1, -0.05) is 23.7 Å². The van der Waals surface area contributed by atoms with Gasteiger partial charge in [0, 0.05) is 26.2 Å². The van der Waals surface area contributed by atoms with Crippen LogP contribution in [-0.2, 0) is 20.1 Å². The van der Waals surface area contributed by atoms with Gasteiger partial charge < -0.3 is 15.1 Å². The second-order valence-corrected chi connectivity index (χ2v) is 8.50. The predicted octanol–water partition coefficient (Wildman–Crippen LogP) is 2.97. The van der Waals surface area contributed by atoms with Gasteiger partial charge in [0.25, 0.3) is 11.8 Å². The molecule has 10 nitrogen and oxygen atoms in total. The van der Waals surface area contributed by atoms with E-state index in [-0.39, 0.29) is 35.1 Å². The zero-order valence-electron chi connectivity index (χ0n) is 19.1. The van der Waals surface area contributed by atoms with Crippen molar-refractivity contribution in [2.45, 2.75) is 13.1 Å². The highest BCUT2D eigenvalue weighted by molar-refractivity contribution is 6.30. The molecule has 37 heavy (non-hydrogen) atoms. The number of nitrogens with zero attached hydrogens (tertiary/aromatic N) is 4. The highest BCUT2D eigenvalue weighted by atomic mass is 35.5. The third-order valence-corrected chi connectivity index (χ3v) is 5.93. The third-order valence-electron chi connectivity index (χ3n) is 5.64. The maximum absolute atomic E-state index is 14.3. The van der Waals surface area contributed by atoms with Crippen molar-refractivity contribution in [3.8, 4) is 0 Å². The van der Waals surface area contributed by atoms with E-state index in [0.717, 1.165) is 10.7 Å². The number of rotatable bonds is 6. The van der Waals surface area contributed by atoms with Crippen molar-refractivity contribution in [3.05, 3.63) is 98.4 Å².